The third-order valence-electron chi connectivity index (χ3n) is 1.17. The molecule has 5 heteroatoms. The fourth-order valence-electron chi connectivity index (χ4n) is 0.674. The van der Waals surface area contributed by atoms with Crippen molar-refractivity contribution in [3.05, 3.63) is 29.3 Å². The van der Waals surface area contributed by atoms with Crippen LogP contribution in [0.25, 0.3) is 0 Å². The molecule has 0 bridgehead atoms. The number of nitrogens with one attached hydrogen (secondary N) is 1. The maximum Gasteiger partial charge on any atom is 0.423 e. The molecule has 0 aromatic heterocycles. The number of rotatable bonds is 1. The van der Waals surface area contributed by atoms with Crippen LogP contribution in [0, 0.1) is 0 Å². The van der Waals surface area contributed by atoms with Gasteiger partial charge in [-0.2, -0.15) is 0 Å². The maximum absolute atomic E-state index is 10.6. The Kier molecular flexibility index (Phi) is 3.25. The molecule has 1 aromatic carbocycles. The van der Waals surface area contributed by atoms with Crippen molar-refractivity contribution in [2.24, 2.45) is 0 Å². The topological polar surface area (TPSA) is 38.3 Å². The lowest BCUT2D eigenvalue weighted by Crippen LogP contribution is -2.08. The van der Waals surface area contributed by atoms with Crippen molar-refractivity contribution in [3.8, 4) is 0 Å². The Bertz CT molecular complexity index is 275. The average molecular weight is 204 g/mol. The minimum Gasteiger partial charge on any atom is -0.378 e. The van der Waals surface area contributed by atoms with Gasteiger partial charge in [-0.3, -0.25) is 5.32 Å². The van der Waals surface area contributed by atoms with E-state index in [4.69, 9.17) is 11.6 Å². The molecule has 64 valence electrons. The van der Waals surface area contributed by atoms with Crippen LogP contribution >= 0.6 is 24.5 Å². The van der Waals surface area contributed by atoms with Gasteiger partial charge in [0.05, 0.1) is 0 Å². The van der Waals surface area contributed by atoms with Gasteiger partial charge in [0.15, 0.2) is 0 Å². The molecule has 1 aromatic rings. The third-order valence-corrected chi connectivity index (χ3v) is 1.59. The van der Waals surface area contributed by atoms with Crippen LogP contribution < -0.4 is 5.32 Å². The summed E-state index contributed by atoms with van der Waals surface area (Å²) in [6.07, 6.45) is -0.624. The Morgan fingerprint density at radius 1 is 1.42 bits per heavy atom. The standard InChI is InChI=1S/C7H6ClNO2S/c8-5-1-3-6(4-2-5)9-7(10)11-12/h1-4,12H,(H,9,10). The number of carbonyl (C=O) groups excluding carboxylic acids is 1. The molecule has 0 saturated carbocycles. The maximum atomic E-state index is 10.6. The van der Waals surface area contributed by atoms with E-state index >= 15 is 0 Å². The lowest BCUT2D eigenvalue weighted by molar-refractivity contribution is 0.223. The summed E-state index contributed by atoms with van der Waals surface area (Å²) in [6.45, 7) is 0. The SMILES string of the molecule is O=C(Nc1ccc(Cl)cc1)OS. The first-order chi connectivity index (χ1) is 5.72. The molecule has 0 aliphatic rings. The monoisotopic (exact) mass is 203 g/mol. The smallest absolute Gasteiger partial charge is 0.378 e. The Balaban J connectivity index is 2.64. The van der Waals surface area contributed by atoms with Gasteiger partial charge in [0.25, 0.3) is 0 Å². The number of halogens is 1. The van der Waals surface area contributed by atoms with Crippen molar-refractivity contribution in [3.63, 3.8) is 0 Å². The minimum absolute atomic E-state index is 0.610. The van der Waals surface area contributed by atoms with Crippen LogP contribution in [-0.4, -0.2) is 6.09 Å². The summed E-state index contributed by atoms with van der Waals surface area (Å²) in [6, 6.07) is 6.64. The van der Waals surface area contributed by atoms with Crippen LogP contribution in [0.1, 0.15) is 0 Å². The molecule has 12 heavy (non-hydrogen) atoms. The van der Waals surface area contributed by atoms with Crippen LogP contribution in [0.4, 0.5) is 10.5 Å². The number of hydrogen-bond donors (Lipinski definition) is 2. The predicted octanol–water partition coefficient (Wildman–Crippen LogP) is 2.73. The van der Waals surface area contributed by atoms with E-state index in [1.165, 1.54) is 0 Å². The minimum atomic E-state index is -0.624. The van der Waals surface area contributed by atoms with Crippen molar-refractivity contribution in [2.45, 2.75) is 0 Å². The number of thiol groups is 1. The molecule has 0 aliphatic carbocycles. The van der Waals surface area contributed by atoms with E-state index < -0.39 is 6.09 Å². The molecule has 1 rings (SSSR count). The average Bonchev–Trinajstić information content (AvgIpc) is 2.09. The Hall–Kier alpha value is -0.870. The second-order valence-corrected chi connectivity index (χ2v) is 2.63. The molecule has 0 unspecified atom stereocenters. The van der Waals surface area contributed by atoms with E-state index in [1.54, 1.807) is 24.3 Å². The molecule has 3 nitrogen and oxygen atoms in total. The van der Waals surface area contributed by atoms with Gasteiger partial charge in [-0.15, -0.1) is 0 Å². The van der Waals surface area contributed by atoms with Crippen molar-refractivity contribution < 1.29 is 8.98 Å². The van der Waals surface area contributed by atoms with Crippen molar-refractivity contribution in [1.82, 2.24) is 0 Å². The second-order valence-electron chi connectivity index (χ2n) is 2.01. The molecule has 0 heterocycles. The van der Waals surface area contributed by atoms with Gasteiger partial charge >= 0.3 is 6.09 Å². The van der Waals surface area contributed by atoms with Crippen LogP contribution in [0.5, 0.6) is 0 Å². The highest BCUT2D eigenvalue weighted by molar-refractivity contribution is 7.75. The van der Waals surface area contributed by atoms with Crippen molar-refractivity contribution in [2.75, 3.05) is 5.32 Å². The Morgan fingerprint density at radius 2 is 2.00 bits per heavy atom. The number of benzene rings is 1. The van der Waals surface area contributed by atoms with Crippen LogP contribution in [0.3, 0.4) is 0 Å². The fraction of sp³-hybridized carbons (Fsp3) is 0. The van der Waals surface area contributed by atoms with Crippen LogP contribution in [-0.2, 0) is 4.18 Å². The quantitative estimate of drug-likeness (QED) is 0.544. The zero-order chi connectivity index (χ0) is 8.97. The summed E-state index contributed by atoms with van der Waals surface area (Å²) < 4.78 is 4.10. The first-order valence-corrected chi connectivity index (χ1v) is 3.84. The van der Waals surface area contributed by atoms with Gasteiger partial charge in [-0.05, 0) is 24.3 Å². The highest BCUT2D eigenvalue weighted by Gasteiger charge is 1.99. The molecule has 1 N–H and O–H groups in total. The molecule has 1 amide bonds. The molecular formula is C7H6ClNO2S. The molecule has 0 fully saturated rings. The second kappa shape index (κ2) is 4.23. The number of anilines is 1. The zero-order valence-electron chi connectivity index (χ0n) is 5.95. The summed E-state index contributed by atoms with van der Waals surface area (Å²) in [5, 5.41) is 3.03. The lowest BCUT2D eigenvalue weighted by atomic mass is 10.3. The number of carbonyl (C=O) groups is 1. The van der Waals surface area contributed by atoms with E-state index in [2.05, 4.69) is 22.4 Å². The van der Waals surface area contributed by atoms with Gasteiger partial charge in [-0.1, -0.05) is 11.6 Å². The summed E-state index contributed by atoms with van der Waals surface area (Å²) in [4.78, 5) is 10.6. The number of amides is 1. The molecular weight excluding hydrogens is 198 g/mol. The molecule has 0 spiro atoms. The highest BCUT2D eigenvalue weighted by atomic mass is 35.5. The summed E-state index contributed by atoms with van der Waals surface area (Å²) in [5.74, 6) is 0. The summed E-state index contributed by atoms with van der Waals surface area (Å²) in [7, 11) is 0. The van der Waals surface area contributed by atoms with Crippen LogP contribution in [0.15, 0.2) is 24.3 Å². The molecule has 0 radical (unpaired) electrons. The van der Waals surface area contributed by atoms with E-state index in [0.717, 1.165) is 0 Å². The van der Waals surface area contributed by atoms with Gasteiger partial charge in [0, 0.05) is 23.6 Å². The van der Waals surface area contributed by atoms with Crippen molar-refractivity contribution in [1.29, 1.82) is 0 Å². The van der Waals surface area contributed by atoms with Crippen LogP contribution in [0.2, 0.25) is 5.02 Å². The molecule has 0 aliphatic heterocycles. The third kappa shape index (κ3) is 2.64. The van der Waals surface area contributed by atoms with Gasteiger partial charge in [0.2, 0.25) is 0 Å². The Labute approximate surface area is 80.3 Å². The van der Waals surface area contributed by atoms with Crippen molar-refractivity contribution >= 4 is 36.3 Å². The van der Waals surface area contributed by atoms with E-state index in [-0.39, 0.29) is 0 Å². The molecule has 0 atom stereocenters. The summed E-state index contributed by atoms with van der Waals surface area (Å²) in [5.41, 5.74) is 0.610. The van der Waals surface area contributed by atoms with Gasteiger partial charge in [-0.25, -0.2) is 4.79 Å². The predicted molar refractivity (Wildman–Crippen MR) is 50.5 cm³/mol. The first-order valence-electron chi connectivity index (χ1n) is 3.10. The normalized spacial score (nSPS) is 9.17. The fourth-order valence-corrected chi connectivity index (χ4v) is 0.846. The number of hydrogen-bond acceptors (Lipinski definition) is 3. The Morgan fingerprint density at radius 3 is 2.50 bits per heavy atom. The van der Waals surface area contributed by atoms with E-state index in [0.29, 0.717) is 10.7 Å². The first kappa shape index (κ1) is 9.22. The molecule has 0 saturated heterocycles. The zero-order valence-corrected chi connectivity index (χ0v) is 7.60. The van der Waals surface area contributed by atoms with E-state index in [9.17, 15) is 4.79 Å². The van der Waals surface area contributed by atoms with Gasteiger partial charge in [0.1, 0.15) is 0 Å². The summed E-state index contributed by atoms with van der Waals surface area (Å²) >= 11 is 8.95. The van der Waals surface area contributed by atoms with Gasteiger partial charge < -0.3 is 4.18 Å². The lowest BCUT2D eigenvalue weighted by Gasteiger charge is -2.01. The largest absolute Gasteiger partial charge is 0.423 e. The van der Waals surface area contributed by atoms with E-state index in [1.807, 2.05) is 0 Å². The highest BCUT2D eigenvalue weighted by Crippen LogP contribution is 2.13.